The van der Waals surface area contributed by atoms with Gasteiger partial charge >= 0.3 is 0 Å². The maximum atomic E-state index is 3.62. The van der Waals surface area contributed by atoms with Gasteiger partial charge in [-0.2, -0.15) is 0 Å². The molecule has 0 saturated heterocycles. The van der Waals surface area contributed by atoms with Gasteiger partial charge in [-0.15, -0.1) is 0 Å². The third-order valence-electron chi connectivity index (χ3n) is 2.94. The van der Waals surface area contributed by atoms with Crippen molar-refractivity contribution in [2.45, 2.75) is 59.5 Å². The van der Waals surface area contributed by atoms with Crippen molar-refractivity contribution < 1.29 is 0 Å². The number of nitrogens with one attached hydrogen (secondary N) is 1. The van der Waals surface area contributed by atoms with Crippen LogP contribution < -0.4 is 5.32 Å². The smallest absolute Gasteiger partial charge is 0.0634 e. The van der Waals surface area contributed by atoms with Crippen LogP contribution in [0.25, 0.3) is 0 Å². The first-order chi connectivity index (χ1) is 6.16. The van der Waals surface area contributed by atoms with Gasteiger partial charge in [0.1, 0.15) is 0 Å². The molecule has 1 nitrogen and oxygen atoms in total. The summed E-state index contributed by atoms with van der Waals surface area (Å²) < 4.78 is 0. The zero-order valence-electron chi connectivity index (χ0n) is 10.5. The zero-order chi connectivity index (χ0) is 11.1. The van der Waals surface area contributed by atoms with Crippen LogP contribution >= 0.6 is 0 Å². The van der Waals surface area contributed by atoms with Crippen molar-refractivity contribution in [2.24, 2.45) is 0 Å². The minimum Gasteiger partial charge on any atom is -0.299 e. The number of hydrogen-bond donors (Lipinski definition) is 1. The third kappa shape index (κ3) is 2.09. The summed E-state index contributed by atoms with van der Waals surface area (Å²) in [7, 11) is 0. The van der Waals surface area contributed by atoms with Crippen LogP contribution in [0.5, 0.6) is 0 Å². The van der Waals surface area contributed by atoms with Crippen LogP contribution in [0.1, 0.15) is 48.5 Å². The molecule has 0 aromatic rings. The van der Waals surface area contributed by atoms with Crippen LogP contribution in [0, 0.1) is 6.08 Å². The van der Waals surface area contributed by atoms with E-state index in [1.54, 1.807) is 0 Å². The first kappa shape index (κ1) is 11.5. The van der Waals surface area contributed by atoms with Crippen LogP contribution in [0.2, 0.25) is 0 Å². The molecule has 1 radical (unpaired) electrons. The van der Waals surface area contributed by atoms with E-state index in [9.17, 15) is 0 Å². The molecule has 1 heteroatoms. The minimum atomic E-state index is -0.0770. The second kappa shape index (κ2) is 3.23. The maximum absolute atomic E-state index is 3.62. The van der Waals surface area contributed by atoms with E-state index < -0.39 is 0 Å². The summed E-state index contributed by atoms with van der Waals surface area (Å²) >= 11 is 0. The Morgan fingerprint density at radius 3 is 1.93 bits per heavy atom. The van der Waals surface area contributed by atoms with E-state index in [0.717, 1.165) is 0 Å². The first-order valence-electron chi connectivity index (χ1n) is 5.25. The lowest BCUT2D eigenvalue weighted by Crippen LogP contribution is -2.51. The molecule has 0 aromatic heterocycles. The van der Waals surface area contributed by atoms with Crippen LogP contribution in [0.3, 0.4) is 0 Å². The molecule has 0 bridgehead atoms. The first-order valence-corrected chi connectivity index (χ1v) is 5.25. The quantitative estimate of drug-likeness (QED) is 0.672. The summed E-state index contributed by atoms with van der Waals surface area (Å²) in [6, 6.07) is 0. The largest absolute Gasteiger partial charge is 0.299 e. The van der Waals surface area contributed by atoms with Crippen LogP contribution in [-0.2, 0) is 0 Å². The predicted octanol–water partition coefficient (Wildman–Crippen LogP) is 3.23. The highest BCUT2D eigenvalue weighted by atomic mass is 15.0. The molecule has 14 heavy (non-hydrogen) atoms. The second-order valence-electron chi connectivity index (χ2n) is 5.50. The lowest BCUT2D eigenvalue weighted by Gasteiger charge is -2.34. The Morgan fingerprint density at radius 2 is 1.64 bits per heavy atom. The van der Waals surface area contributed by atoms with Gasteiger partial charge in [0.2, 0.25) is 0 Å². The predicted molar refractivity (Wildman–Crippen MR) is 62.1 cm³/mol. The third-order valence-corrected chi connectivity index (χ3v) is 2.94. The van der Waals surface area contributed by atoms with Gasteiger partial charge in [-0.3, -0.25) is 5.32 Å². The number of rotatable bonds is 1. The Balaban J connectivity index is 3.00. The molecule has 0 aliphatic heterocycles. The molecule has 1 unspecified atom stereocenters. The molecule has 1 aliphatic carbocycles. The minimum absolute atomic E-state index is 0.0770. The molecular weight excluding hydrogens is 170 g/mol. The summed E-state index contributed by atoms with van der Waals surface area (Å²) in [5.74, 6) is 0. The lowest BCUT2D eigenvalue weighted by atomic mass is 9.91. The van der Waals surface area contributed by atoms with Crippen LogP contribution in [-0.4, -0.2) is 11.1 Å². The van der Waals surface area contributed by atoms with Crippen molar-refractivity contribution in [3.63, 3.8) is 0 Å². The fourth-order valence-corrected chi connectivity index (χ4v) is 2.09. The van der Waals surface area contributed by atoms with E-state index in [2.05, 4.69) is 59.9 Å². The summed E-state index contributed by atoms with van der Waals surface area (Å²) in [6.45, 7) is 15.3. The molecule has 1 atom stereocenters. The van der Waals surface area contributed by atoms with E-state index >= 15 is 0 Å². The van der Waals surface area contributed by atoms with Gasteiger partial charge in [0.25, 0.3) is 0 Å². The topological polar surface area (TPSA) is 12.0 Å². The van der Waals surface area contributed by atoms with Crippen molar-refractivity contribution in [3.05, 3.63) is 22.8 Å². The fourth-order valence-electron chi connectivity index (χ4n) is 2.09. The normalized spacial score (nSPS) is 28.4. The average Bonchev–Trinajstić information content (AvgIpc) is 2.11. The standard InChI is InChI=1S/C13H22N/c1-9-8-13(7,11(3)10(9)2)14-12(4,5)6/h14H,1-7H3. The van der Waals surface area contributed by atoms with Crippen molar-refractivity contribution in [3.8, 4) is 0 Å². The molecule has 1 aliphatic rings. The van der Waals surface area contributed by atoms with E-state index in [-0.39, 0.29) is 11.1 Å². The monoisotopic (exact) mass is 192 g/mol. The Labute approximate surface area is 88.3 Å². The van der Waals surface area contributed by atoms with Crippen LogP contribution in [0.15, 0.2) is 16.7 Å². The second-order valence-corrected chi connectivity index (χ2v) is 5.50. The van der Waals surface area contributed by atoms with Crippen molar-refractivity contribution in [1.29, 1.82) is 0 Å². The molecule has 79 valence electrons. The number of hydrogen-bond acceptors (Lipinski definition) is 1. The van der Waals surface area contributed by atoms with E-state index in [0.29, 0.717) is 0 Å². The van der Waals surface area contributed by atoms with Gasteiger partial charge < -0.3 is 0 Å². The maximum Gasteiger partial charge on any atom is 0.0634 e. The molecule has 0 aromatic carbocycles. The molecule has 1 rings (SSSR count). The van der Waals surface area contributed by atoms with Gasteiger partial charge in [0, 0.05) is 5.54 Å². The lowest BCUT2D eigenvalue weighted by molar-refractivity contribution is 0.339. The molecule has 0 amide bonds. The van der Waals surface area contributed by atoms with Gasteiger partial charge in [0.05, 0.1) is 5.54 Å². The fraction of sp³-hybridized carbons (Fsp3) is 0.692. The molecule has 1 N–H and O–H groups in total. The highest BCUT2D eigenvalue weighted by molar-refractivity contribution is 5.45. The van der Waals surface area contributed by atoms with E-state index in [1.807, 2.05) is 0 Å². The van der Waals surface area contributed by atoms with Crippen LogP contribution in [0.4, 0.5) is 0 Å². The Bertz CT molecular complexity index is 302. The van der Waals surface area contributed by atoms with E-state index in [1.165, 1.54) is 16.7 Å². The molecule has 0 fully saturated rings. The van der Waals surface area contributed by atoms with Gasteiger partial charge in [-0.05, 0) is 71.3 Å². The van der Waals surface area contributed by atoms with Gasteiger partial charge in [-0.1, -0.05) is 0 Å². The number of allylic oxidation sites excluding steroid dienone is 2. The Morgan fingerprint density at radius 1 is 1.14 bits per heavy atom. The SMILES string of the molecule is CC1=[C]C(C)(NC(C)(C)C)C(C)=C1C. The zero-order valence-corrected chi connectivity index (χ0v) is 10.5. The van der Waals surface area contributed by atoms with E-state index in [4.69, 9.17) is 0 Å². The van der Waals surface area contributed by atoms with Crippen molar-refractivity contribution >= 4 is 0 Å². The van der Waals surface area contributed by atoms with Gasteiger partial charge in [-0.25, -0.2) is 0 Å². The highest BCUT2D eigenvalue weighted by Gasteiger charge is 2.34. The summed E-state index contributed by atoms with van der Waals surface area (Å²) in [4.78, 5) is 0. The summed E-state index contributed by atoms with van der Waals surface area (Å²) in [5, 5.41) is 3.62. The summed E-state index contributed by atoms with van der Waals surface area (Å²) in [6.07, 6.45) is 3.52. The molecule has 0 heterocycles. The van der Waals surface area contributed by atoms with Crippen molar-refractivity contribution in [2.75, 3.05) is 0 Å². The van der Waals surface area contributed by atoms with Crippen molar-refractivity contribution in [1.82, 2.24) is 5.32 Å². The summed E-state index contributed by atoms with van der Waals surface area (Å²) in [5.41, 5.74) is 4.09. The molecule has 0 spiro atoms. The molecular formula is C13H22N. The highest BCUT2D eigenvalue weighted by Crippen LogP contribution is 2.33. The Hall–Kier alpha value is -0.560. The Kier molecular flexibility index (Phi) is 2.66. The molecule has 0 saturated carbocycles. The van der Waals surface area contributed by atoms with Gasteiger partial charge in [0.15, 0.2) is 0 Å². The average molecular weight is 192 g/mol.